The van der Waals surface area contributed by atoms with Crippen molar-refractivity contribution < 1.29 is 24.1 Å². The molecule has 10 heteroatoms. The molecule has 0 fully saturated rings. The van der Waals surface area contributed by atoms with Crippen LogP contribution in [-0.4, -0.2) is 38.9 Å². The summed E-state index contributed by atoms with van der Waals surface area (Å²) in [4.78, 5) is 9.29. The number of rotatable bonds is 6. The van der Waals surface area contributed by atoms with Gasteiger partial charge in [-0.05, 0) is 48.0 Å². The van der Waals surface area contributed by atoms with E-state index in [1.807, 2.05) is 24.3 Å². The number of fused-ring (bicyclic) bond motifs is 4. The van der Waals surface area contributed by atoms with Gasteiger partial charge in [0, 0.05) is 22.6 Å². The quantitative estimate of drug-likeness (QED) is 0.315. The number of halogens is 1. The van der Waals surface area contributed by atoms with Gasteiger partial charge in [-0.1, -0.05) is 23.7 Å². The molecule has 3 aromatic carbocycles. The third-order valence-electron chi connectivity index (χ3n) is 6.16. The third kappa shape index (κ3) is 4.13. The Morgan fingerprint density at radius 1 is 1.00 bits per heavy atom. The first-order chi connectivity index (χ1) is 18.0. The van der Waals surface area contributed by atoms with Crippen LogP contribution in [0.15, 0.2) is 67.0 Å². The molecule has 1 aliphatic rings. The van der Waals surface area contributed by atoms with Gasteiger partial charge in [-0.3, -0.25) is 0 Å². The van der Waals surface area contributed by atoms with Crippen molar-refractivity contribution in [3.63, 3.8) is 0 Å². The maximum atomic E-state index is 10.1. The van der Waals surface area contributed by atoms with Gasteiger partial charge >= 0.3 is 0 Å². The fourth-order valence-electron chi connectivity index (χ4n) is 4.47. The molecule has 186 valence electrons. The number of hydrogen-bond acceptors (Lipinski definition) is 8. The highest BCUT2D eigenvalue weighted by atomic mass is 35.5. The number of aromatic hydroxyl groups is 1. The first-order valence-corrected chi connectivity index (χ1v) is 11.8. The number of phenols is 1. The van der Waals surface area contributed by atoms with Crippen molar-refractivity contribution in [1.29, 1.82) is 0 Å². The maximum absolute atomic E-state index is 10.1. The standard InChI is InChI=1S/C27H21ClN4O5/c1-34-20-10-3-15(11-22(20)35-2)24-19-9-6-17(33)12-21(19)37-27-25(24)26-30-23(31-32(26)14-29-27)13-36-18-7-4-16(28)5-8-18/h3-12,14,24,33H,13H2,1-2H3. The fraction of sp³-hybridized carbons (Fsp3) is 0.148. The zero-order valence-corrected chi connectivity index (χ0v) is 20.6. The van der Waals surface area contributed by atoms with Crippen LogP contribution in [0.4, 0.5) is 0 Å². The molecular weight excluding hydrogens is 496 g/mol. The Morgan fingerprint density at radius 3 is 2.59 bits per heavy atom. The number of aromatic nitrogens is 4. The van der Waals surface area contributed by atoms with Crippen molar-refractivity contribution in [2.75, 3.05) is 14.2 Å². The van der Waals surface area contributed by atoms with Gasteiger partial charge in [-0.2, -0.15) is 0 Å². The lowest BCUT2D eigenvalue weighted by Gasteiger charge is -2.28. The number of phenolic OH excluding ortho intramolecular Hbond substituents is 1. The van der Waals surface area contributed by atoms with E-state index in [4.69, 9.17) is 35.5 Å². The average molecular weight is 517 g/mol. The van der Waals surface area contributed by atoms with Gasteiger partial charge in [0.25, 0.3) is 0 Å². The van der Waals surface area contributed by atoms with Crippen LogP contribution in [0.2, 0.25) is 5.02 Å². The lowest BCUT2D eigenvalue weighted by atomic mass is 9.83. The zero-order chi connectivity index (χ0) is 25.5. The molecular formula is C27H21ClN4O5. The Kier molecular flexibility index (Phi) is 5.69. The van der Waals surface area contributed by atoms with Gasteiger partial charge in [-0.25, -0.2) is 14.5 Å². The number of nitrogens with zero attached hydrogens (tertiary/aromatic N) is 4. The number of benzene rings is 3. The van der Waals surface area contributed by atoms with E-state index in [-0.39, 0.29) is 18.3 Å². The Morgan fingerprint density at radius 2 is 1.81 bits per heavy atom. The van der Waals surface area contributed by atoms with Crippen LogP contribution in [0, 0.1) is 0 Å². The van der Waals surface area contributed by atoms with Crippen molar-refractivity contribution in [2.24, 2.45) is 0 Å². The molecule has 0 saturated heterocycles. The molecule has 0 radical (unpaired) electrons. The lowest BCUT2D eigenvalue weighted by molar-refractivity contribution is 0.296. The Bertz CT molecular complexity index is 1620. The predicted octanol–water partition coefficient (Wildman–Crippen LogP) is 5.37. The van der Waals surface area contributed by atoms with Crippen molar-refractivity contribution in [2.45, 2.75) is 12.5 Å². The highest BCUT2D eigenvalue weighted by molar-refractivity contribution is 6.30. The minimum absolute atomic E-state index is 0.0958. The van der Waals surface area contributed by atoms with Crippen molar-refractivity contribution in [3.05, 3.63) is 94.5 Å². The van der Waals surface area contributed by atoms with Crippen LogP contribution in [0.5, 0.6) is 34.6 Å². The molecule has 3 heterocycles. The normalized spacial score (nSPS) is 14.0. The molecule has 1 atom stereocenters. The van der Waals surface area contributed by atoms with Crippen LogP contribution < -0.4 is 18.9 Å². The predicted molar refractivity (Wildman–Crippen MR) is 135 cm³/mol. The first-order valence-electron chi connectivity index (χ1n) is 11.4. The summed E-state index contributed by atoms with van der Waals surface area (Å²) in [6.45, 7) is 0.157. The first kappa shape index (κ1) is 22.9. The topological polar surface area (TPSA) is 100 Å². The molecule has 0 bridgehead atoms. The SMILES string of the molecule is COc1ccc(C2c3ccc(O)cc3Oc3ncn4nc(COc5ccc(Cl)cc5)nc4c32)cc1OC. The minimum Gasteiger partial charge on any atom is -0.508 e. The highest BCUT2D eigenvalue weighted by Gasteiger charge is 2.34. The molecule has 0 saturated carbocycles. The van der Waals surface area contributed by atoms with Crippen LogP contribution in [0.25, 0.3) is 5.65 Å². The lowest BCUT2D eigenvalue weighted by Crippen LogP contribution is -2.15. The van der Waals surface area contributed by atoms with Gasteiger partial charge in [-0.15, -0.1) is 5.10 Å². The van der Waals surface area contributed by atoms with Crippen LogP contribution in [0.1, 0.15) is 28.4 Å². The Balaban J connectivity index is 1.47. The molecule has 0 aliphatic carbocycles. The smallest absolute Gasteiger partial charge is 0.228 e. The number of ether oxygens (including phenoxy) is 4. The summed E-state index contributed by atoms with van der Waals surface area (Å²) in [5.74, 6) is 2.99. The molecule has 37 heavy (non-hydrogen) atoms. The maximum Gasteiger partial charge on any atom is 0.228 e. The van der Waals surface area contributed by atoms with E-state index < -0.39 is 0 Å². The monoisotopic (exact) mass is 516 g/mol. The molecule has 1 aliphatic heterocycles. The van der Waals surface area contributed by atoms with Gasteiger partial charge < -0.3 is 24.1 Å². The summed E-state index contributed by atoms with van der Waals surface area (Å²) in [7, 11) is 3.19. The molecule has 1 N–H and O–H groups in total. The summed E-state index contributed by atoms with van der Waals surface area (Å²) in [6.07, 6.45) is 1.55. The van der Waals surface area contributed by atoms with E-state index in [0.29, 0.717) is 45.4 Å². The number of hydrogen-bond donors (Lipinski definition) is 1. The van der Waals surface area contributed by atoms with Crippen LogP contribution in [0.3, 0.4) is 0 Å². The van der Waals surface area contributed by atoms with Gasteiger partial charge in [0.1, 0.15) is 30.2 Å². The van der Waals surface area contributed by atoms with Gasteiger partial charge in [0.2, 0.25) is 5.88 Å². The number of methoxy groups -OCH3 is 2. The highest BCUT2D eigenvalue weighted by Crippen LogP contribution is 2.49. The Labute approximate surface area is 216 Å². The van der Waals surface area contributed by atoms with Crippen molar-refractivity contribution >= 4 is 17.2 Å². The van der Waals surface area contributed by atoms with Crippen LogP contribution in [-0.2, 0) is 6.61 Å². The third-order valence-corrected chi connectivity index (χ3v) is 6.41. The van der Waals surface area contributed by atoms with Gasteiger partial charge in [0.15, 0.2) is 23.0 Å². The van der Waals surface area contributed by atoms with E-state index in [0.717, 1.165) is 16.7 Å². The summed E-state index contributed by atoms with van der Waals surface area (Å²) in [6, 6.07) is 17.9. The zero-order valence-electron chi connectivity index (χ0n) is 19.9. The second kappa shape index (κ2) is 9.18. The van der Waals surface area contributed by atoms with Crippen molar-refractivity contribution in [1.82, 2.24) is 19.6 Å². The molecule has 0 spiro atoms. The van der Waals surface area contributed by atoms with E-state index in [2.05, 4.69) is 10.1 Å². The summed E-state index contributed by atoms with van der Waals surface area (Å²) in [5.41, 5.74) is 3.07. The van der Waals surface area contributed by atoms with E-state index >= 15 is 0 Å². The summed E-state index contributed by atoms with van der Waals surface area (Å²) in [5, 5.41) is 15.3. The van der Waals surface area contributed by atoms with Crippen LogP contribution >= 0.6 is 11.6 Å². The van der Waals surface area contributed by atoms with Gasteiger partial charge in [0.05, 0.1) is 19.8 Å². The molecule has 6 rings (SSSR count). The molecule has 0 amide bonds. The second-order valence-corrected chi connectivity index (χ2v) is 8.81. The van der Waals surface area contributed by atoms with E-state index in [1.54, 1.807) is 61.5 Å². The summed E-state index contributed by atoms with van der Waals surface area (Å²) < 4.78 is 24.6. The average Bonchev–Trinajstić information content (AvgIpc) is 3.34. The molecule has 1 unspecified atom stereocenters. The molecule has 5 aromatic rings. The Hall–Kier alpha value is -4.50. The van der Waals surface area contributed by atoms with E-state index in [9.17, 15) is 5.11 Å². The fourth-order valence-corrected chi connectivity index (χ4v) is 4.59. The minimum atomic E-state index is -0.329. The second-order valence-electron chi connectivity index (χ2n) is 8.37. The van der Waals surface area contributed by atoms with Crippen molar-refractivity contribution in [3.8, 4) is 34.6 Å². The largest absolute Gasteiger partial charge is 0.508 e. The summed E-state index contributed by atoms with van der Waals surface area (Å²) >= 11 is 5.96. The van der Waals surface area contributed by atoms with E-state index in [1.165, 1.54) is 0 Å². The molecule has 2 aromatic heterocycles. The molecule has 9 nitrogen and oxygen atoms in total.